The summed E-state index contributed by atoms with van der Waals surface area (Å²) in [5, 5.41) is 0.671. The standard InChI is InChI=1S/C19H13BrN2O3/c1-10-16-17(14-9-11(20)3-8-15(14)21-10)19(24)22(18(16)23)12-4-6-13(25-2)7-5-12/h3-9H,1-2H3. The van der Waals surface area contributed by atoms with Crippen molar-refractivity contribution in [3.05, 3.63) is 63.8 Å². The number of amides is 2. The molecule has 1 aliphatic heterocycles. The van der Waals surface area contributed by atoms with Gasteiger partial charge in [0.1, 0.15) is 5.75 Å². The van der Waals surface area contributed by atoms with E-state index in [1.165, 1.54) is 4.90 Å². The number of hydrogen-bond acceptors (Lipinski definition) is 4. The van der Waals surface area contributed by atoms with Crippen LogP contribution >= 0.6 is 15.9 Å². The van der Waals surface area contributed by atoms with E-state index >= 15 is 0 Å². The zero-order valence-electron chi connectivity index (χ0n) is 13.5. The SMILES string of the molecule is COc1ccc(N2C(=O)c3c(C)nc4ccc(Br)cc4c3C2=O)cc1. The predicted molar refractivity (Wildman–Crippen MR) is 98.3 cm³/mol. The number of methoxy groups -OCH3 is 1. The molecule has 2 amide bonds. The number of carbonyl (C=O) groups is 2. The monoisotopic (exact) mass is 396 g/mol. The fraction of sp³-hybridized carbons (Fsp3) is 0.105. The topological polar surface area (TPSA) is 59.5 Å². The minimum Gasteiger partial charge on any atom is -0.497 e. The first-order valence-corrected chi connectivity index (χ1v) is 8.43. The van der Waals surface area contributed by atoms with Crippen LogP contribution in [0.3, 0.4) is 0 Å². The van der Waals surface area contributed by atoms with Gasteiger partial charge in [-0.1, -0.05) is 15.9 Å². The number of fused-ring (bicyclic) bond motifs is 3. The van der Waals surface area contributed by atoms with Crippen LogP contribution in [0.2, 0.25) is 0 Å². The molecule has 0 atom stereocenters. The molecule has 0 spiro atoms. The number of benzene rings is 2. The first-order valence-electron chi connectivity index (χ1n) is 7.64. The maximum absolute atomic E-state index is 13.1. The molecule has 3 aromatic rings. The largest absolute Gasteiger partial charge is 0.497 e. The molecule has 4 rings (SSSR count). The molecule has 0 saturated heterocycles. The molecule has 0 fully saturated rings. The van der Waals surface area contributed by atoms with Crippen molar-refractivity contribution >= 4 is 44.3 Å². The molecule has 1 aliphatic rings. The van der Waals surface area contributed by atoms with Crippen molar-refractivity contribution in [2.45, 2.75) is 6.92 Å². The Labute approximate surface area is 152 Å². The Kier molecular flexibility index (Phi) is 3.58. The highest BCUT2D eigenvalue weighted by Gasteiger charge is 2.40. The minimum absolute atomic E-state index is 0.334. The number of rotatable bonds is 2. The number of carbonyl (C=O) groups excluding carboxylic acids is 2. The maximum atomic E-state index is 13.1. The lowest BCUT2D eigenvalue weighted by Crippen LogP contribution is -2.29. The minimum atomic E-state index is -0.350. The molecule has 5 nitrogen and oxygen atoms in total. The average Bonchev–Trinajstić information content (AvgIpc) is 2.88. The van der Waals surface area contributed by atoms with E-state index in [-0.39, 0.29) is 11.8 Å². The molecule has 6 heteroatoms. The molecule has 0 N–H and O–H groups in total. The van der Waals surface area contributed by atoms with Gasteiger partial charge in [-0.15, -0.1) is 0 Å². The normalized spacial score (nSPS) is 13.5. The quantitative estimate of drug-likeness (QED) is 0.611. The number of nitrogens with zero attached hydrogens (tertiary/aromatic N) is 2. The van der Waals surface area contributed by atoms with Crippen LogP contribution in [-0.4, -0.2) is 23.9 Å². The molecule has 2 heterocycles. The van der Waals surface area contributed by atoms with Crippen LogP contribution in [0.4, 0.5) is 5.69 Å². The van der Waals surface area contributed by atoms with Gasteiger partial charge in [-0.2, -0.15) is 0 Å². The van der Waals surface area contributed by atoms with Gasteiger partial charge in [0, 0.05) is 9.86 Å². The van der Waals surface area contributed by atoms with E-state index < -0.39 is 0 Å². The Hall–Kier alpha value is -2.73. The lowest BCUT2D eigenvalue weighted by Gasteiger charge is -2.14. The lowest BCUT2D eigenvalue weighted by atomic mass is 10.0. The Morgan fingerprint density at radius 1 is 1.00 bits per heavy atom. The summed E-state index contributed by atoms with van der Waals surface area (Å²) in [6, 6.07) is 12.4. The number of ether oxygens (including phenoxy) is 1. The van der Waals surface area contributed by atoms with Gasteiger partial charge in [-0.3, -0.25) is 14.6 Å². The van der Waals surface area contributed by atoms with E-state index in [9.17, 15) is 9.59 Å². The molecule has 1 aromatic heterocycles. The van der Waals surface area contributed by atoms with Gasteiger partial charge in [0.05, 0.1) is 35.1 Å². The summed E-state index contributed by atoms with van der Waals surface area (Å²) in [5.41, 5.74) is 2.53. The van der Waals surface area contributed by atoms with Crippen LogP contribution in [0.15, 0.2) is 46.9 Å². The van der Waals surface area contributed by atoms with Gasteiger partial charge in [0.15, 0.2) is 0 Å². The van der Waals surface area contributed by atoms with Crippen molar-refractivity contribution in [2.75, 3.05) is 12.0 Å². The van der Waals surface area contributed by atoms with Gasteiger partial charge in [-0.25, -0.2) is 4.90 Å². The maximum Gasteiger partial charge on any atom is 0.268 e. The second-order valence-electron chi connectivity index (χ2n) is 5.75. The zero-order valence-corrected chi connectivity index (χ0v) is 15.1. The van der Waals surface area contributed by atoms with Gasteiger partial charge in [0.2, 0.25) is 0 Å². The Bertz CT molecular complexity index is 1040. The van der Waals surface area contributed by atoms with Crippen molar-refractivity contribution in [1.29, 1.82) is 0 Å². The van der Waals surface area contributed by atoms with Crippen LogP contribution in [0.25, 0.3) is 10.9 Å². The van der Waals surface area contributed by atoms with Gasteiger partial charge >= 0.3 is 0 Å². The van der Waals surface area contributed by atoms with Gasteiger partial charge in [-0.05, 0) is 49.4 Å². The van der Waals surface area contributed by atoms with E-state index in [4.69, 9.17) is 4.74 Å². The Balaban J connectivity index is 1.93. The van der Waals surface area contributed by atoms with Crippen molar-refractivity contribution in [3.8, 4) is 5.75 Å². The fourth-order valence-corrected chi connectivity index (χ4v) is 3.48. The average molecular weight is 397 g/mol. The number of hydrogen-bond donors (Lipinski definition) is 0. The van der Waals surface area contributed by atoms with Crippen LogP contribution in [0.1, 0.15) is 26.4 Å². The first kappa shape index (κ1) is 15.8. The van der Waals surface area contributed by atoms with E-state index in [1.54, 1.807) is 38.3 Å². The van der Waals surface area contributed by atoms with E-state index in [2.05, 4.69) is 20.9 Å². The van der Waals surface area contributed by atoms with Crippen molar-refractivity contribution in [2.24, 2.45) is 0 Å². The lowest BCUT2D eigenvalue weighted by molar-refractivity contribution is 0.0926. The summed E-state index contributed by atoms with van der Waals surface area (Å²) < 4.78 is 5.96. The summed E-state index contributed by atoms with van der Waals surface area (Å²) in [5.74, 6) is -0.0246. The Morgan fingerprint density at radius 2 is 1.68 bits per heavy atom. The van der Waals surface area contributed by atoms with Crippen LogP contribution in [0.5, 0.6) is 5.75 Å². The molecule has 0 saturated carbocycles. The third-order valence-corrected chi connectivity index (χ3v) is 4.79. The third-order valence-electron chi connectivity index (χ3n) is 4.29. The first-order chi connectivity index (χ1) is 12.0. The summed E-state index contributed by atoms with van der Waals surface area (Å²) in [6.07, 6.45) is 0. The molecule has 0 radical (unpaired) electrons. The smallest absolute Gasteiger partial charge is 0.268 e. The summed E-state index contributed by atoms with van der Waals surface area (Å²) in [4.78, 5) is 31.7. The van der Waals surface area contributed by atoms with E-state index in [1.807, 2.05) is 18.2 Å². The molecular formula is C19H13BrN2O3. The number of pyridine rings is 1. The summed E-state index contributed by atoms with van der Waals surface area (Å²) in [6.45, 7) is 1.75. The van der Waals surface area contributed by atoms with Gasteiger partial charge in [0.25, 0.3) is 11.8 Å². The fourth-order valence-electron chi connectivity index (χ4n) is 3.12. The highest BCUT2D eigenvalue weighted by Crippen LogP contribution is 2.35. The molecule has 0 bridgehead atoms. The van der Waals surface area contributed by atoms with Crippen LogP contribution in [-0.2, 0) is 0 Å². The summed E-state index contributed by atoms with van der Waals surface area (Å²) >= 11 is 3.42. The van der Waals surface area contributed by atoms with Crippen molar-refractivity contribution < 1.29 is 14.3 Å². The molecule has 25 heavy (non-hydrogen) atoms. The van der Waals surface area contributed by atoms with Crippen LogP contribution in [0, 0.1) is 6.92 Å². The molecule has 2 aromatic carbocycles. The number of aromatic nitrogens is 1. The molecular weight excluding hydrogens is 384 g/mol. The second kappa shape index (κ2) is 5.67. The van der Waals surface area contributed by atoms with E-state index in [0.29, 0.717) is 39.2 Å². The third kappa shape index (κ3) is 2.33. The summed E-state index contributed by atoms with van der Waals surface area (Å²) in [7, 11) is 1.57. The van der Waals surface area contributed by atoms with Crippen molar-refractivity contribution in [1.82, 2.24) is 4.98 Å². The zero-order chi connectivity index (χ0) is 17.7. The second-order valence-corrected chi connectivity index (χ2v) is 6.67. The predicted octanol–water partition coefficient (Wildman–Crippen LogP) is 4.11. The molecule has 124 valence electrons. The molecule has 0 unspecified atom stereocenters. The highest BCUT2D eigenvalue weighted by atomic mass is 79.9. The number of imide groups is 1. The highest BCUT2D eigenvalue weighted by molar-refractivity contribution is 9.10. The number of anilines is 1. The number of halogens is 1. The Morgan fingerprint density at radius 3 is 2.36 bits per heavy atom. The van der Waals surface area contributed by atoms with Crippen molar-refractivity contribution in [3.63, 3.8) is 0 Å². The van der Waals surface area contributed by atoms with E-state index in [0.717, 1.165) is 4.47 Å². The van der Waals surface area contributed by atoms with Crippen LogP contribution < -0.4 is 9.64 Å². The molecule has 0 aliphatic carbocycles. The van der Waals surface area contributed by atoms with Gasteiger partial charge < -0.3 is 4.74 Å². The number of aryl methyl sites for hydroxylation is 1.